The number of ether oxygens (including phenoxy) is 1. The van der Waals surface area contributed by atoms with E-state index in [9.17, 15) is 20.4 Å². The lowest BCUT2D eigenvalue weighted by Crippen LogP contribution is -2.57. The molecular formula is C11H19NO6. The maximum atomic E-state index is 9.93. The summed E-state index contributed by atoms with van der Waals surface area (Å²) in [6.07, 6.45) is -4.68. The first-order chi connectivity index (χ1) is 8.54. The summed E-state index contributed by atoms with van der Waals surface area (Å²) in [5, 5.41) is 51.3. The van der Waals surface area contributed by atoms with E-state index in [1.165, 1.54) is 0 Å². The third kappa shape index (κ3) is 1.63. The van der Waals surface area contributed by atoms with Crippen LogP contribution in [0.3, 0.4) is 0 Å². The second-order valence-electron chi connectivity index (χ2n) is 5.48. The maximum Gasteiger partial charge on any atom is 0.111 e. The zero-order valence-corrected chi connectivity index (χ0v) is 9.75. The lowest BCUT2D eigenvalue weighted by molar-refractivity contribution is -0.0751. The van der Waals surface area contributed by atoms with Crippen molar-refractivity contribution in [3.8, 4) is 0 Å². The highest BCUT2D eigenvalue weighted by Gasteiger charge is 2.58. The summed E-state index contributed by atoms with van der Waals surface area (Å²) in [7, 11) is 0. The Morgan fingerprint density at radius 1 is 1.00 bits per heavy atom. The summed E-state index contributed by atoms with van der Waals surface area (Å²) in [6, 6.07) is -0.509. The average molecular weight is 261 g/mol. The molecule has 1 aliphatic carbocycles. The Bertz CT molecular complexity index is 327. The summed E-state index contributed by atoms with van der Waals surface area (Å²) in [6.45, 7) is -0.360. The third-order valence-electron chi connectivity index (χ3n) is 4.53. The minimum atomic E-state index is -1.12. The van der Waals surface area contributed by atoms with E-state index < -0.39 is 36.6 Å². The number of fused-ring (bicyclic) bond motifs is 2. The van der Waals surface area contributed by atoms with Crippen LogP contribution in [0.25, 0.3) is 0 Å². The van der Waals surface area contributed by atoms with Crippen molar-refractivity contribution in [2.75, 3.05) is 6.61 Å². The SMILES string of the molecule is OC[C@H]1O[C@H]([C@H]2N[C@H]3C[C@H]2[C@H](O)[C@@H]3O)[C@@H](O)[C@@H]1O. The monoisotopic (exact) mass is 261 g/mol. The Morgan fingerprint density at radius 2 is 1.72 bits per heavy atom. The molecule has 9 atom stereocenters. The van der Waals surface area contributed by atoms with Crippen LogP contribution in [0.4, 0.5) is 0 Å². The molecule has 3 fully saturated rings. The highest BCUT2D eigenvalue weighted by atomic mass is 16.6. The second-order valence-corrected chi connectivity index (χ2v) is 5.48. The van der Waals surface area contributed by atoms with Gasteiger partial charge in [0.15, 0.2) is 0 Å². The molecule has 18 heavy (non-hydrogen) atoms. The minimum Gasteiger partial charge on any atom is -0.394 e. The summed E-state index contributed by atoms with van der Waals surface area (Å²) in [5.41, 5.74) is 0. The van der Waals surface area contributed by atoms with Gasteiger partial charge in [0.1, 0.15) is 24.4 Å². The van der Waals surface area contributed by atoms with Crippen LogP contribution in [0.2, 0.25) is 0 Å². The van der Waals surface area contributed by atoms with Crippen molar-refractivity contribution in [2.45, 2.75) is 55.1 Å². The largest absolute Gasteiger partial charge is 0.394 e. The van der Waals surface area contributed by atoms with E-state index in [-0.39, 0.29) is 24.6 Å². The Kier molecular flexibility index (Phi) is 3.10. The molecule has 0 aromatic carbocycles. The highest BCUT2D eigenvalue weighted by Crippen LogP contribution is 2.40. The van der Waals surface area contributed by atoms with Crippen LogP contribution in [0.5, 0.6) is 0 Å². The van der Waals surface area contributed by atoms with Gasteiger partial charge in [-0.3, -0.25) is 0 Å². The van der Waals surface area contributed by atoms with Crippen LogP contribution in [0.1, 0.15) is 6.42 Å². The Labute approximate surface area is 104 Å². The summed E-state index contributed by atoms with van der Waals surface area (Å²) < 4.78 is 5.45. The smallest absolute Gasteiger partial charge is 0.111 e. The predicted molar refractivity (Wildman–Crippen MR) is 58.6 cm³/mol. The highest BCUT2D eigenvalue weighted by molar-refractivity contribution is 5.12. The first-order valence-corrected chi connectivity index (χ1v) is 6.29. The van der Waals surface area contributed by atoms with Gasteiger partial charge in [-0.1, -0.05) is 0 Å². The van der Waals surface area contributed by atoms with Gasteiger partial charge in [0.05, 0.1) is 18.8 Å². The second kappa shape index (κ2) is 4.38. The van der Waals surface area contributed by atoms with Crippen LogP contribution in [-0.2, 0) is 4.74 Å². The van der Waals surface area contributed by atoms with E-state index in [1.807, 2.05) is 0 Å². The molecule has 0 spiro atoms. The number of piperidine rings is 1. The molecule has 0 amide bonds. The summed E-state index contributed by atoms with van der Waals surface area (Å²) in [4.78, 5) is 0. The lowest BCUT2D eigenvalue weighted by atomic mass is 9.89. The molecule has 7 heteroatoms. The van der Waals surface area contributed by atoms with Gasteiger partial charge in [-0.15, -0.1) is 0 Å². The van der Waals surface area contributed by atoms with Crippen molar-refractivity contribution in [1.82, 2.24) is 5.32 Å². The van der Waals surface area contributed by atoms with E-state index >= 15 is 0 Å². The number of nitrogens with one attached hydrogen (secondary N) is 1. The maximum absolute atomic E-state index is 9.93. The Morgan fingerprint density at radius 3 is 2.22 bits per heavy atom. The molecule has 2 bridgehead atoms. The van der Waals surface area contributed by atoms with E-state index in [0.29, 0.717) is 6.42 Å². The lowest BCUT2D eigenvalue weighted by Gasteiger charge is -2.35. The molecular weight excluding hydrogens is 242 g/mol. The van der Waals surface area contributed by atoms with Crippen molar-refractivity contribution < 1.29 is 30.3 Å². The first kappa shape index (κ1) is 12.7. The molecule has 0 aromatic rings. The first-order valence-electron chi connectivity index (χ1n) is 6.29. The van der Waals surface area contributed by atoms with Gasteiger partial charge in [0, 0.05) is 18.0 Å². The Balaban J connectivity index is 1.74. The van der Waals surface area contributed by atoms with Gasteiger partial charge >= 0.3 is 0 Å². The van der Waals surface area contributed by atoms with Crippen molar-refractivity contribution in [3.63, 3.8) is 0 Å². The van der Waals surface area contributed by atoms with Crippen LogP contribution in [0, 0.1) is 5.92 Å². The fraction of sp³-hybridized carbons (Fsp3) is 1.00. The van der Waals surface area contributed by atoms with E-state index in [1.54, 1.807) is 0 Å². The molecule has 7 nitrogen and oxygen atoms in total. The number of aliphatic hydroxyl groups is 5. The van der Waals surface area contributed by atoms with Gasteiger partial charge in [-0.25, -0.2) is 0 Å². The number of hydrogen-bond donors (Lipinski definition) is 6. The zero-order chi connectivity index (χ0) is 13.0. The van der Waals surface area contributed by atoms with E-state index in [0.717, 1.165) is 0 Å². The quantitative estimate of drug-likeness (QED) is 0.305. The van der Waals surface area contributed by atoms with Gasteiger partial charge in [-0.05, 0) is 6.42 Å². The molecule has 0 aromatic heterocycles. The number of hydrogen-bond acceptors (Lipinski definition) is 7. The minimum absolute atomic E-state index is 0.198. The molecule has 3 aliphatic rings. The fourth-order valence-corrected chi connectivity index (χ4v) is 3.52. The molecule has 0 unspecified atom stereocenters. The van der Waals surface area contributed by atoms with Crippen LogP contribution in [-0.4, -0.2) is 80.8 Å². The fourth-order valence-electron chi connectivity index (χ4n) is 3.52. The van der Waals surface area contributed by atoms with Gasteiger partial charge in [0.2, 0.25) is 0 Å². The topological polar surface area (TPSA) is 122 Å². The molecule has 2 heterocycles. The molecule has 0 radical (unpaired) electrons. The predicted octanol–water partition coefficient (Wildman–Crippen LogP) is -3.45. The van der Waals surface area contributed by atoms with Crippen LogP contribution < -0.4 is 5.32 Å². The summed E-state index contributed by atoms with van der Waals surface area (Å²) in [5.74, 6) is -0.200. The number of aliphatic hydroxyl groups excluding tert-OH is 5. The standard InChI is InChI=1S/C11H19NO6/c13-2-5-9(16)10(17)11(18-5)6-3-1-4(12-6)8(15)7(3)14/h3-17H,1-2H2/t3-,4+,5-,6+,7+,8-,9-,10+,11-/m1/s1. The third-order valence-corrected chi connectivity index (χ3v) is 4.53. The molecule has 104 valence electrons. The molecule has 3 rings (SSSR count). The van der Waals surface area contributed by atoms with Gasteiger partial charge < -0.3 is 35.6 Å². The van der Waals surface area contributed by atoms with E-state index in [4.69, 9.17) is 9.84 Å². The molecule has 2 aliphatic heterocycles. The van der Waals surface area contributed by atoms with Gasteiger partial charge in [-0.2, -0.15) is 0 Å². The Hall–Kier alpha value is -0.280. The van der Waals surface area contributed by atoms with Crippen LogP contribution in [0.15, 0.2) is 0 Å². The molecule has 2 saturated heterocycles. The molecule has 6 N–H and O–H groups in total. The van der Waals surface area contributed by atoms with Crippen LogP contribution >= 0.6 is 0 Å². The average Bonchev–Trinajstić information content (AvgIpc) is 2.98. The van der Waals surface area contributed by atoms with E-state index in [2.05, 4.69) is 5.32 Å². The van der Waals surface area contributed by atoms with Crippen molar-refractivity contribution in [2.24, 2.45) is 5.92 Å². The van der Waals surface area contributed by atoms with Gasteiger partial charge in [0.25, 0.3) is 0 Å². The normalized spacial score (nSPS) is 59.5. The molecule has 1 saturated carbocycles. The zero-order valence-electron chi connectivity index (χ0n) is 9.75. The van der Waals surface area contributed by atoms with Crippen molar-refractivity contribution in [1.29, 1.82) is 0 Å². The van der Waals surface area contributed by atoms with Crippen molar-refractivity contribution >= 4 is 0 Å². The summed E-state index contributed by atoms with van der Waals surface area (Å²) >= 11 is 0. The number of rotatable bonds is 2. The van der Waals surface area contributed by atoms with Crippen molar-refractivity contribution in [3.05, 3.63) is 0 Å².